The molecule has 1 fully saturated rings. The molecule has 0 radical (unpaired) electrons. The van der Waals surface area contributed by atoms with Crippen molar-refractivity contribution in [1.29, 1.82) is 0 Å². The molecule has 2 rings (SSSR count). The largest absolute Gasteiger partial charge is 0.303 e. The van der Waals surface area contributed by atoms with Crippen molar-refractivity contribution in [2.75, 3.05) is 25.5 Å². The summed E-state index contributed by atoms with van der Waals surface area (Å²) in [6.07, 6.45) is 2.56. The SMILES string of the molecule is CC(Cc1ccc(C(C)(C)CCl)cc1)CN1CC(C)CC(C)C1. The van der Waals surface area contributed by atoms with E-state index in [2.05, 4.69) is 63.8 Å². The van der Waals surface area contributed by atoms with Gasteiger partial charge in [0.25, 0.3) is 0 Å². The van der Waals surface area contributed by atoms with Gasteiger partial charge >= 0.3 is 0 Å². The number of halogens is 1. The lowest BCUT2D eigenvalue weighted by Gasteiger charge is -2.36. The minimum absolute atomic E-state index is 0.0613. The second-order valence-corrected chi connectivity index (χ2v) is 8.96. The molecule has 1 aliphatic heterocycles. The van der Waals surface area contributed by atoms with Crippen LogP contribution in [0.5, 0.6) is 0 Å². The van der Waals surface area contributed by atoms with Crippen LogP contribution >= 0.6 is 11.6 Å². The van der Waals surface area contributed by atoms with Crippen molar-refractivity contribution in [3.05, 3.63) is 35.4 Å². The Morgan fingerprint density at radius 2 is 1.70 bits per heavy atom. The van der Waals surface area contributed by atoms with Crippen molar-refractivity contribution in [2.24, 2.45) is 17.8 Å². The number of rotatable bonds is 6. The second-order valence-electron chi connectivity index (χ2n) is 8.69. The Labute approximate surface area is 148 Å². The molecule has 1 heterocycles. The average molecular weight is 336 g/mol. The smallest absolute Gasteiger partial charge is 0.0315 e. The van der Waals surface area contributed by atoms with Gasteiger partial charge in [0.05, 0.1) is 0 Å². The van der Waals surface area contributed by atoms with E-state index in [4.69, 9.17) is 11.6 Å². The van der Waals surface area contributed by atoms with Crippen LogP contribution in [0.15, 0.2) is 24.3 Å². The molecule has 0 spiro atoms. The molecule has 3 unspecified atom stereocenters. The third-order valence-corrected chi connectivity index (χ3v) is 5.84. The number of alkyl halides is 1. The molecule has 1 saturated heterocycles. The van der Waals surface area contributed by atoms with Gasteiger partial charge in [-0.1, -0.05) is 58.9 Å². The van der Waals surface area contributed by atoms with Gasteiger partial charge in [-0.05, 0) is 41.7 Å². The molecule has 0 saturated carbocycles. The van der Waals surface area contributed by atoms with Crippen molar-refractivity contribution in [2.45, 2.75) is 52.9 Å². The average Bonchev–Trinajstić information content (AvgIpc) is 2.46. The van der Waals surface area contributed by atoms with Gasteiger partial charge in [0, 0.05) is 30.9 Å². The summed E-state index contributed by atoms with van der Waals surface area (Å²) in [5, 5.41) is 0. The van der Waals surface area contributed by atoms with Crippen LogP contribution in [0, 0.1) is 17.8 Å². The van der Waals surface area contributed by atoms with Crippen LogP contribution in [0.1, 0.15) is 52.2 Å². The fourth-order valence-corrected chi connectivity index (χ4v) is 4.17. The predicted molar refractivity (Wildman–Crippen MR) is 102 cm³/mol. The summed E-state index contributed by atoms with van der Waals surface area (Å²) in [4.78, 5) is 2.68. The first-order valence-corrected chi connectivity index (χ1v) is 9.71. The van der Waals surface area contributed by atoms with E-state index in [9.17, 15) is 0 Å². The summed E-state index contributed by atoms with van der Waals surface area (Å²) < 4.78 is 0. The lowest BCUT2D eigenvalue weighted by molar-refractivity contribution is 0.125. The second kappa shape index (κ2) is 8.03. The number of hydrogen-bond acceptors (Lipinski definition) is 1. The highest BCUT2D eigenvalue weighted by atomic mass is 35.5. The number of benzene rings is 1. The van der Waals surface area contributed by atoms with E-state index < -0.39 is 0 Å². The zero-order valence-electron chi connectivity index (χ0n) is 15.6. The van der Waals surface area contributed by atoms with Crippen molar-refractivity contribution in [3.63, 3.8) is 0 Å². The molecule has 0 aromatic heterocycles. The van der Waals surface area contributed by atoms with Gasteiger partial charge in [-0.25, -0.2) is 0 Å². The van der Waals surface area contributed by atoms with Crippen LogP contribution in [-0.4, -0.2) is 30.4 Å². The highest BCUT2D eigenvalue weighted by molar-refractivity contribution is 6.18. The van der Waals surface area contributed by atoms with E-state index in [0.717, 1.165) is 11.8 Å². The maximum absolute atomic E-state index is 6.08. The Morgan fingerprint density at radius 1 is 1.13 bits per heavy atom. The molecule has 0 N–H and O–H groups in total. The summed E-state index contributed by atoms with van der Waals surface area (Å²) in [6, 6.07) is 9.11. The van der Waals surface area contributed by atoms with Gasteiger partial charge in [0.2, 0.25) is 0 Å². The quantitative estimate of drug-likeness (QED) is 0.632. The van der Waals surface area contributed by atoms with Crippen molar-refractivity contribution >= 4 is 11.6 Å². The normalized spacial score (nSPS) is 24.6. The molecule has 1 aliphatic rings. The number of hydrogen-bond donors (Lipinski definition) is 0. The van der Waals surface area contributed by atoms with Crippen LogP contribution in [0.25, 0.3) is 0 Å². The molecule has 2 heteroatoms. The van der Waals surface area contributed by atoms with E-state index in [0.29, 0.717) is 11.8 Å². The van der Waals surface area contributed by atoms with Crippen LogP contribution in [-0.2, 0) is 11.8 Å². The molecular formula is C21H34ClN. The summed E-state index contributed by atoms with van der Waals surface area (Å²) in [5.74, 6) is 3.07. The van der Waals surface area contributed by atoms with E-state index in [1.165, 1.54) is 43.6 Å². The fraction of sp³-hybridized carbons (Fsp3) is 0.714. The van der Waals surface area contributed by atoms with Gasteiger partial charge in [-0.15, -0.1) is 11.6 Å². The summed E-state index contributed by atoms with van der Waals surface area (Å²) in [5.41, 5.74) is 2.85. The highest BCUT2D eigenvalue weighted by Gasteiger charge is 2.23. The number of likely N-dealkylation sites (tertiary alicyclic amines) is 1. The topological polar surface area (TPSA) is 3.24 Å². The Kier molecular flexibility index (Phi) is 6.57. The zero-order valence-corrected chi connectivity index (χ0v) is 16.4. The molecule has 1 aromatic carbocycles. The predicted octanol–water partition coefficient (Wildman–Crippen LogP) is 5.36. The first kappa shape index (κ1) is 18.8. The lowest BCUT2D eigenvalue weighted by Crippen LogP contribution is -2.41. The Balaban J connectivity index is 1.89. The van der Waals surface area contributed by atoms with E-state index in [1.54, 1.807) is 0 Å². The monoisotopic (exact) mass is 335 g/mol. The summed E-state index contributed by atoms with van der Waals surface area (Å²) >= 11 is 6.08. The minimum Gasteiger partial charge on any atom is -0.303 e. The number of piperidine rings is 1. The van der Waals surface area contributed by atoms with Gasteiger partial charge in [-0.3, -0.25) is 0 Å². The van der Waals surface area contributed by atoms with Crippen LogP contribution in [0.4, 0.5) is 0 Å². The first-order valence-electron chi connectivity index (χ1n) is 9.18. The Hall–Kier alpha value is -0.530. The van der Waals surface area contributed by atoms with Crippen molar-refractivity contribution in [3.8, 4) is 0 Å². The molecule has 1 nitrogen and oxygen atoms in total. The fourth-order valence-electron chi connectivity index (χ4n) is 4.02. The minimum atomic E-state index is 0.0613. The van der Waals surface area contributed by atoms with Gasteiger partial charge in [0.15, 0.2) is 0 Å². The Bertz CT molecular complexity index is 469. The zero-order chi connectivity index (χ0) is 17.0. The highest BCUT2D eigenvalue weighted by Crippen LogP contribution is 2.26. The van der Waals surface area contributed by atoms with Gasteiger partial charge in [-0.2, -0.15) is 0 Å². The molecule has 1 aromatic rings. The van der Waals surface area contributed by atoms with Crippen LogP contribution in [0.2, 0.25) is 0 Å². The van der Waals surface area contributed by atoms with Crippen LogP contribution < -0.4 is 0 Å². The molecule has 0 amide bonds. The molecule has 23 heavy (non-hydrogen) atoms. The first-order chi connectivity index (χ1) is 10.8. The van der Waals surface area contributed by atoms with E-state index in [1.807, 2.05) is 0 Å². The summed E-state index contributed by atoms with van der Waals surface area (Å²) in [7, 11) is 0. The van der Waals surface area contributed by atoms with Gasteiger partial charge < -0.3 is 4.90 Å². The maximum Gasteiger partial charge on any atom is 0.0315 e. The molecule has 0 aliphatic carbocycles. The van der Waals surface area contributed by atoms with Gasteiger partial charge in [0.1, 0.15) is 0 Å². The molecule has 0 bridgehead atoms. The third kappa shape index (κ3) is 5.50. The molecule has 3 atom stereocenters. The van der Waals surface area contributed by atoms with Crippen molar-refractivity contribution < 1.29 is 0 Å². The third-order valence-electron chi connectivity index (χ3n) is 5.17. The molecule has 130 valence electrons. The Morgan fingerprint density at radius 3 is 2.22 bits per heavy atom. The van der Waals surface area contributed by atoms with Crippen molar-refractivity contribution in [1.82, 2.24) is 4.90 Å². The van der Waals surface area contributed by atoms with E-state index in [-0.39, 0.29) is 5.41 Å². The summed E-state index contributed by atoms with van der Waals surface area (Å²) in [6.45, 7) is 15.4. The molecular weight excluding hydrogens is 302 g/mol. The standard InChI is InChI=1S/C21H34ClN/c1-16-10-17(2)13-23(12-16)14-18(3)11-19-6-8-20(9-7-19)21(4,5)15-22/h6-9,16-18H,10-15H2,1-5H3. The number of nitrogens with zero attached hydrogens (tertiary/aromatic N) is 1. The maximum atomic E-state index is 6.08. The van der Waals surface area contributed by atoms with Crippen LogP contribution in [0.3, 0.4) is 0 Å². The lowest BCUT2D eigenvalue weighted by atomic mass is 9.85. The van der Waals surface area contributed by atoms with E-state index >= 15 is 0 Å².